The fourth-order valence-electron chi connectivity index (χ4n) is 4.86. The van der Waals surface area contributed by atoms with Crippen molar-refractivity contribution in [3.05, 3.63) is 131 Å². The third-order valence-corrected chi connectivity index (χ3v) is 7.50. The highest BCUT2D eigenvalue weighted by atomic mass is 16.6. The largest absolute Gasteiger partial charge is 0.488 e. The van der Waals surface area contributed by atoms with Gasteiger partial charge in [-0.25, -0.2) is 9.59 Å². The van der Waals surface area contributed by atoms with E-state index in [0.29, 0.717) is 50.1 Å². The molecule has 2 atom stereocenters. The maximum absolute atomic E-state index is 11.3. The molecule has 0 saturated heterocycles. The summed E-state index contributed by atoms with van der Waals surface area (Å²) in [4.78, 5) is 33.1. The third kappa shape index (κ3) is 18.2. The number of hydrogen-bond acceptors (Lipinski definition) is 10. The monoisotopic (exact) mass is 756 g/mol. The smallest absolute Gasteiger partial charge is 0.333 e. The second-order valence-corrected chi connectivity index (χ2v) is 12.7. The molecule has 0 amide bonds. The molecular weight excluding hydrogens is 704 g/mol. The summed E-state index contributed by atoms with van der Waals surface area (Å²) in [6, 6.07) is 34.2. The van der Waals surface area contributed by atoms with Gasteiger partial charge < -0.3 is 38.8 Å². The Morgan fingerprint density at radius 1 is 0.600 bits per heavy atom. The minimum Gasteiger partial charge on any atom is -0.488 e. The number of ether oxygens (including phenoxy) is 4. The molecule has 55 heavy (non-hydrogen) atoms. The lowest BCUT2D eigenvalue weighted by Gasteiger charge is -2.16. The molecule has 0 bridgehead atoms. The van der Waals surface area contributed by atoms with Gasteiger partial charge in [-0.05, 0) is 81.1 Å². The Morgan fingerprint density at radius 2 is 1.09 bits per heavy atom. The van der Waals surface area contributed by atoms with Crippen molar-refractivity contribution in [1.29, 1.82) is 0 Å². The van der Waals surface area contributed by atoms with Crippen LogP contribution < -0.4 is 9.47 Å². The first kappa shape index (κ1) is 43.7. The molecule has 2 N–H and O–H groups in total. The summed E-state index contributed by atoms with van der Waals surface area (Å²) >= 11 is 0. The van der Waals surface area contributed by atoms with Gasteiger partial charge in [0, 0.05) is 19.4 Å². The maximum Gasteiger partial charge on any atom is 0.333 e. The van der Waals surface area contributed by atoms with Crippen molar-refractivity contribution in [3.8, 4) is 11.5 Å². The summed E-state index contributed by atoms with van der Waals surface area (Å²) in [5.41, 5.74) is 5.23. The molecule has 2 unspecified atom stereocenters. The van der Waals surface area contributed by atoms with E-state index in [0.717, 1.165) is 28.0 Å². The Labute approximate surface area is 323 Å². The van der Waals surface area contributed by atoms with Crippen LogP contribution in [0.5, 0.6) is 11.5 Å². The molecule has 4 aromatic rings. The second-order valence-electron chi connectivity index (χ2n) is 12.7. The first-order valence-electron chi connectivity index (χ1n) is 18.1. The highest BCUT2D eigenvalue weighted by molar-refractivity contribution is 5.83. The fourth-order valence-corrected chi connectivity index (χ4v) is 4.86. The number of benzene rings is 4. The Morgan fingerprint density at radius 3 is 1.58 bits per heavy atom. The van der Waals surface area contributed by atoms with E-state index in [1.807, 2.05) is 137 Å². The van der Waals surface area contributed by atoms with Crippen molar-refractivity contribution in [2.75, 3.05) is 19.8 Å². The minimum absolute atomic E-state index is 0.143. The molecule has 12 heteroatoms. The van der Waals surface area contributed by atoms with Crippen LogP contribution in [0.25, 0.3) is 0 Å². The quantitative estimate of drug-likeness (QED) is 0.0600. The Hall–Kier alpha value is -5.72. The van der Waals surface area contributed by atoms with E-state index in [9.17, 15) is 19.8 Å². The van der Waals surface area contributed by atoms with E-state index in [1.165, 1.54) is 0 Å². The van der Waals surface area contributed by atoms with Gasteiger partial charge in [-0.2, -0.15) is 0 Å². The topological polar surface area (TPSA) is 155 Å². The summed E-state index contributed by atoms with van der Waals surface area (Å²) in [5.74, 6) is -0.609. The number of rotatable bonds is 22. The molecule has 0 fully saturated rings. The Kier molecular flexibility index (Phi) is 19.5. The summed E-state index contributed by atoms with van der Waals surface area (Å²) in [5, 5.41) is 26.5. The van der Waals surface area contributed by atoms with Crippen molar-refractivity contribution < 1.29 is 48.4 Å². The Balaban J connectivity index is 0.000000296. The molecule has 0 heterocycles. The van der Waals surface area contributed by atoms with Crippen molar-refractivity contribution in [1.82, 2.24) is 0 Å². The third-order valence-electron chi connectivity index (χ3n) is 7.50. The predicted octanol–water partition coefficient (Wildman–Crippen LogP) is 7.77. The van der Waals surface area contributed by atoms with Crippen LogP contribution in [-0.2, 0) is 54.8 Å². The second kappa shape index (κ2) is 24.6. The lowest BCUT2D eigenvalue weighted by molar-refractivity contribution is -0.153. The van der Waals surface area contributed by atoms with E-state index in [-0.39, 0.29) is 19.1 Å². The zero-order valence-electron chi connectivity index (χ0n) is 32.1. The van der Waals surface area contributed by atoms with Gasteiger partial charge in [0.05, 0.1) is 17.5 Å². The van der Waals surface area contributed by atoms with Crippen molar-refractivity contribution in [3.63, 3.8) is 0 Å². The SMILES string of the molecule is CC(COc1ccc(CC(OC(C)C)C(=O)O)cc1)=NOCc1ccccc1.CCOC(Cc1cccc(OCC(C)=NOCc2ccccc2)c1)C(=O)O. The number of carboxylic acid groups (broad SMARTS) is 2. The van der Waals surface area contributed by atoms with Gasteiger partial charge in [0.2, 0.25) is 0 Å². The molecule has 4 aromatic carbocycles. The molecule has 0 aliphatic rings. The standard InChI is InChI=1S/C22H27NO5.C21H25NO5/c1-16(2)28-21(22(24)25)13-18-9-11-20(12-10-18)26-14-17(3)23-27-15-19-7-5-4-6-8-19;1-3-25-20(21(23)24)13-18-10-7-11-19(12-18)26-14-16(2)22-27-15-17-8-5-4-6-9-17/h4-12,16,21H,13-15H2,1-3H3,(H,24,25);4-12,20H,3,13-15H2,1-2H3,(H,23,24). The molecular formula is C43H52N2O10. The molecule has 0 aromatic heterocycles. The lowest BCUT2D eigenvalue weighted by atomic mass is 10.1. The van der Waals surface area contributed by atoms with Crippen LogP contribution in [0.2, 0.25) is 0 Å². The van der Waals surface area contributed by atoms with Gasteiger partial charge in [0.25, 0.3) is 0 Å². The normalized spacial score (nSPS) is 12.5. The Bertz CT molecular complexity index is 1760. The van der Waals surface area contributed by atoms with Gasteiger partial charge in [-0.3, -0.25) is 0 Å². The molecule has 0 radical (unpaired) electrons. The van der Waals surface area contributed by atoms with Crippen molar-refractivity contribution >= 4 is 23.4 Å². The molecule has 4 rings (SSSR count). The van der Waals surface area contributed by atoms with Crippen LogP contribution in [0.3, 0.4) is 0 Å². The van der Waals surface area contributed by atoms with Gasteiger partial charge >= 0.3 is 11.9 Å². The number of carbonyl (C=O) groups is 2. The van der Waals surface area contributed by atoms with Gasteiger partial charge in [0.15, 0.2) is 12.2 Å². The van der Waals surface area contributed by atoms with Crippen LogP contribution >= 0.6 is 0 Å². The van der Waals surface area contributed by atoms with Crippen LogP contribution in [-0.4, -0.2) is 71.7 Å². The average molecular weight is 757 g/mol. The molecule has 0 spiro atoms. The highest BCUT2D eigenvalue weighted by Crippen LogP contribution is 2.17. The summed E-state index contributed by atoms with van der Waals surface area (Å²) in [7, 11) is 0. The zero-order chi connectivity index (χ0) is 39.8. The maximum atomic E-state index is 11.3. The van der Waals surface area contributed by atoms with Crippen LogP contribution in [0.15, 0.2) is 120 Å². The first-order chi connectivity index (χ1) is 26.5. The highest BCUT2D eigenvalue weighted by Gasteiger charge is 2.20. The van der Waals surface area contributed by atoms with Crippen LogP contribution in [0.1, 0.15) is 56.9 Å². The van der Waals surface area contributed by atoms with Crippen LogP contribution in [0.4, 0.5) is 0 Å². The van der Waals surface area contributed by atoms with E-state index >= 15 is 0 Å². The molecule has 0 aliphatic heterocycles. The molecule has 12 nitrogen and oxygen atoms in total. The lowest BCUT2D eigenvalue weighted by Crippen LogP contribution is -2.29. The summed E-state index contributed by atoms with van der Waals surface area (Å²) < 4.78 is 22.1. The number of hydrogen-bond donors (Lipinski definition) is 2. The van der Waals surface area contributed by atoms with Gasteiger partial charge in [0.1, 0.15) is 37.9 Å². The van der Waals surface area contributed by atoms with E-state index in [1.54, 1.807) is 6.92 Å². The average Bonchev–Trinajstić information content (AvgIpc) is 3.17. The number of aliphatic carboxylic acids is 2. The van der Waals surface area contributed by atoms with E-state index in [4.69, 9.17) is 28.6 Å². The minimum atomic E-state index is -0.971. The molecule has 0 saturated carbocycles. The van der Waals surface area contributed by atoms with E-state index < -0.39 is 24.1 Å². The molecule has 294 valence electrons. The number of carboxylic acids is 2. The summed E-state index contributed by atoms with van der Waals surface area (Å²) in [6.07, 6.45) is -1.27. The fraction of sp³-hybridized carbons (Fsp3) is 0.349. The number of oxime groups is 2. The van der Waals surface area contributed by atoms with Crippen LogP contribution in [0, 0.1) is 0 Å². The predicted molar refractivity (Wildman–Crippen MR) is 211 cm³/mol. The van der Waals surface area contributed by atoms with Gasteiger partial charge in [-0.15, -0.1) is 0 Å². The first-order valence-corrected chi connectivity index (χ1v) is 18.1. The number of nitrogens with zero attached hydrogens (tertiary/aromatic N) is 2. The zero-order valence-corrected chi connectivity index (χ0v) is 32.1. The van der Waals surface area contributed by atoms with Crippen molar-refractivity contribution in [2.24, 2.45) is 10.3 Å². The van der Waals surface area contributed by atoms with Gasteiger partial charge in [-0.1, -0.05) is 95.2 Å². The van der Waals surface area contributed by atoms with E-state index in [2.05, 4.69) is 10.3 Å². The molecule has 0 aliphatic carbocycles. The summed E-state index contributed by atoms with van der Waals surface area (Å²) in [6.45, 7) is 10.8. The van der Waals surface area contributed by atoms with Crippen molar-refractivity contribution in [2.45, 2.75) is 79.0 Å².